The first kappa shape index (κ1) is 13.5. The van der Waals surface area contributed by atoms with Crippen molar-refractivity contribution in [1.29, 1.82) is 0 Å². The van der Waals surface area contributed by atoms with Gasteiger partial charge in [0, 0.05) is 16.6 Å². The van der Waals surface area contributed by atoms with E-state index in [9.17, 15) is 5.02 Å². The molecule has 2 aromatic carbocycles. The highest BCUT2D eigenvalue weighted by molar-refractivity contribution is 6.63. The Labute approximate surface area is 122 Å². The van der Waals surface area contributed by atoms with Crippen molar-refractivity contribution in [3.05, 3.63) is 53.6 Å². The van der Waals surface area contributed by atoms with Crippen molar-refractivity contribution in [2.75, 3.05) is 14.2 Å². The molecule has 1 aliphatic heterocycles. The topological polar surface area (TPSA) is 60.3 Å². The Morgan fingerprint density at radius 2 is 1.81 bits per heavy atom. The summed E-state index contributed by atoms with van der Waals surface area (Å²) >= 11 is 0. The first-order valence-corrected chi connectivity index (χ1v) is 6.48. The summed E-state index contributed by atoms with van der Waals surface area (Å²) in [5, 5.41) is 14.0. The fourth-order valence-electron chi connectivity index (χ4n) is 2.33. The third-order valence-electron chi connectivity index (χ3n) is 3.39. The van der Waals surface area contributed by atoms with Gasteiger partial charge < -0.3 is 19.3 Å². The molecule has 0 aliphatic carbocycles. The molecule has 0 bridgehead atoms. The van der Waals surface area contributed by atoms with Gasteiger partial charge >= 0.3 is 7.12 Å². The second-order valence-corrected chi connectivity index (χ2v) is 4.55. The average molecular weight is 283 g/mol. The molecule has 0 radical (unpaired) electrons. The van der Waals surface area contributed by atoms with Crippen molar-refractivity contribution in [3.63, 3.8) is 0 Å². The summed E-state index contributed by atoms with van der Waals surface area (Å²) in [5.74, 6) is 1.40. The van der Waals surface area contributed by atoms with Gasteiger partial charge in [0.1, 0.15) is 17.2 Å². The summed E-state index contributed by atoms with van der Waals surface area (Å²) < 4.78 is 15.6. The zero-order chi connectivity index (χ0) is 14.8. The fraction of sp³-hybridized carbons (Fsp3) is 0.133. The molecule has 0 atom stereocenters. The van der Waals surface area contributed by atoms with Crippen LogP contribution in [0.1, 0.15) is 11.1 Å². The van der Waals surface area contributed by atoms with Crippen LogP contribution in [0.4, 0.5) is 0 Å². The highest BCUT2D eigenvalue weighted by Gasteiger charge is 2.32. The van der Waals surface area contributed by atoms with E-state index >= 15 is 0 Å². The van der Waals surface area contributed by atoms with Crippen LogP contribution in [0.5, 0.6) is 11.5 Å². The summed E-state index contributed by atoms with van der Waals surface area (Å²) in [6, 6.07) is 12.9. The molecule has 0 amide bonds. The largest absolute Gasteiger partial charge is 0.583 e. The zero-order valence-corrected chi connectivity index (χ0v) is 11.7. The van der Waals surface area contributed by atoms with Crippen molar-refractivity contribution < 1.29 is 19.3 Å². The molecule has 0 aromatic heterocycles. The average Bonchev–Trinajstić information content (AvgIpc) is 2.55. The molecule has 0 fully saturated rings. The molecule has 1 aliphatic rings. The van der Waals surface area contributed by atoms with Crippen LogP contribution in [0.25, 0.3) is 0 Å². The lowest BCUT2D eigenvalue weighted by molar-refractivity contribution is 0.284. The van der Waals surface area contributed by atoms with Gasteiger partial charge in [0.25, 0.3) is 0 Å². The molecule has 0 unspecified atom stereocenters. The quantitative estimate of drug-likeness (QED) is 0.859. The predicted molar refractivity (Wildman–Crippen MR) is 80.3 cm³/mol. The number of nitrogens with zero attached hydrogens (tertiary/aromatic N) is 1. The van der Waals surface area contributed by atoms with E-state index in [4.69, 9.17) is 14.2 Å². The molecule has 1 N–H and O–H groups in total. The van der Waals surface area contributed by atoms with Gasteiger partial charge in [-0.1, -0.05) is 12.1 Å². The number of ether oxygens (including phenoxy) is 2. The van der Waals surface area contributed by atoms with E-state index < -0.39 is 7.12 Å². The van der Waals surface area contributed by atoms with Crippen LogP contribution in [0.3, 0.4) is 0 Å². The first-order chi connectivity index (χ1) is 10.2. The minimum Gasteiger partial charge on any atom is -0.497 e. The summed E-state index contributed by atoms with van der Waals surface area (Å²) in [6.45, 7) is 0. The van der Waals surface area contributed by atoms with E-state index in [1.54, 1.807) is 26.4 Å². The van der Waals surface area contributed by atoms with Gasteiger partial charge in [-0.15, -0.1) is 5.16 Å². The standard InChI is InChI=1S/C15H14BNO4/c1-19-11-8-6-10(7-9-11)15-14-12(16(18)21-17-15)4-3-5-13(14)20-2/h3-9,18H,1-2H3. The molecule has 5 nitrogen and oxygen atoms in total. The van der Waals surface area contributed by atoms with Crippen molar-refractivity contribution in [2.45, 2.75) is 0 Å². The Bertz CT molecular complexity index is 685. The third kappa shape index (κ3) is 2.34. The number of hydrogen-bond donors (Lipinski definition) is 1. The van der Waals surface area contributed by atoms with E-state index in [1.807, 2.05) is 30.3 Å². The van der Waals surface area contributed by atoms with Crippen LogP contribution in [0, 0.1) is 0 Å². The van der Waals surface area contributed by atoms with Crippen molar-refractivity contribution in [3.8, 4) is 11.5 Å². The Morgan fingerprint density at radius 3 is 2.48 bits per heavy atom. The minimum absolute atomic E-state index is 0.621. The zero-order valence-electron chi connectivity index (χ0n) is 11.7. The maximum absolute atomic E-state index is 9.92. The fourth-order valence-corrected chi connectivity index (χ4v) is 2.33. The maximum atomic E-state index is 9.92. The summed E-state index contributed by atoms with van der Waals surface area (Å²) in [4.78, 5) is 0. The van der Waals surface area contributed by atoms with Gasteiger partial charge in [-0.25, -0.2) is 0 Å². The van der Waals surface area contributed by atoms with Crippen LogP contribution in [-0.2, 0) is 4.76 Å². The summed E-state index contributed by atoms with van der Waals surface area (Å²) in [6.07, 6.45) is 0. The van der Waals surface area contributed by atoms with E-state index in [-0.39, 0.29) is 0 Å². The number of benzene rings is 2. The van der Waals surface area contributed by atoms with Gasteiger partial charge in [0.2, 0.25) is 0 Å². The Kier molecular flexibility index (Phi) is 3.54. The second-order valence-electron chi connectivity index (χ2n) is 4.55. The smallest absolute Gasteiger partial charge is 0.497 e. The molecule has 0 saturated heterocycles. The number of hydrogen-bond acceptors (Lipinski definition) is 5. The molecule has 21 heavy (non-hydrogen) atoms. The van der Waals surface area contributed by atoms with Crippen LogP contribution < -0.4 is 14.9 Å². The molecule has 0 spiro atoms. The lowest BCUT2D eigenvalue weighted by Crippen LogP contribution is -2.40. The van der Waals surface area contributed by atoms with Gasteiger partial charge in [-0.05, 0) is 30.3 Å². The first-order valence-electron chi connectivity index (χ1n) is 6.48. The van der Waals surface area contributed by atoms with E-state index in [2.05, 4.69) is 5.16 Å². The molecular formula is C15H14BNO4. The highest BCUT2D eigenvalue weighted by atomic mass is 16.6. The molecular weight excluding hydrogens is 269 g/mol. The van der Waals surface area contributed by atoms with Gasteiger partial charge in [0.05, 0.1) is 14.2 Å². The normalized spacial score (nSPS) is 13.1. The number of oxime groups is 1. The predicted octanol–water partition coefficient (Wildman–Crippen LogP) is 1.17. The Balaban J connectivity index is 2.12. The van der Waals surface area contributed by atoms with Gasteiger partial charge in [-0.3, -0.25) is 0 Å². The van der Waals surface area contributed by atoms with Crippen molar-refractivity contribution in [1.82, 2.24) is 0 Å². The minimum atomic E-state index is -1.09. The van der Waals surface area contributed by atoms with Gasteiger partial charge in [-0.2, -0.15) is 0 Å². The molecule has 1 heterocycles. The highest BCUT2D eigenvalue weighted by Crippen LogP contribution is 2.24. The molecule has 0 saturated carbocycles. The molecule has 6 heteroatoms. The summed E-state index contributed by atoms with van der Waals surface area (Å²) in [5.41, 5.74) is 2.85. The van der Waals surface area contributed by atoms with Crippen molar-refractivity contribution >= 4 is 18.3 Å². The third-order valence-corrected chi connectivity index (χ3v) is 3.39. The maximum Gasteiger partial charge on any atom is 0.583 e. The lowest BCUT2D eigenvalue weighted by Gasteiger charge is -2.20. The van der Waals surface area contributed by atoms with E-state index in [0.717, 1.165) is 16.9 Å². The van der Waals surface area contributed by atoms with E-state index in [1.165, 1.54) is 0 Å². The molecule has 106 valence electrons. The Morgan fingerprint density at radius 1 is 1.05 bits per heavy atom. The number of methoxy groups -OCH3 is 2. The summed E-state index contributed by atoms with van der Waals surface area (Å²) in [7, 11) is 2.12. The van der Waals surface area contributed by atoms with Crippen LogP contribution >= 0.6 is 0 Å². The van der Waals surface area contributed by atoms with Crippen LogP contribution in [0.2, 0.25) is 0 Å². The molecule has 3 rings (SSSR count). The lowest BCUT2D eigenvalue weighted by atomic mass is 9.74. The van der Waals surface area contributed by atoms with Crippen LogP contribution in [0.15, 0.2) is 47.6 Å². The Hall–Kier alpha value is -2.47. The van der Waals surface area contributed by atoms with Gasteiger partial charge in [0.15, 0.2) is 0 Å². The SMILES string of the molecule is COc1ccc(C2=NOB(O)c3cccc(OC)c32)cc1. The van der Waals surface area contributed by atoms with Crippen molar-refractivity contribution in [2.24, 2.45) is 5.16 Å². The molecule has 2 aromatic rings. The monoisotopic (exact) mass is 283 g/mol. The second kappa shape index (κ2) is 5.50. The number of fused-ring (bicyclic) bond motifs is 1. The number of rotatable bonds is 3. The van der Waals surface area contributed by atoms with Crippen LogP contribution in [-0.4, -0.2) is 32.1 Å². The van der Waals surface area contributed by atoms with E-state index in [0.29, 0.717) is 16.9 Å².